The molecule has 1 aromatic heterocycles. The highest BCUT2D eigenvalue weighted by Gasteiger charge is 2.30. The lowest BCUT2D eigenvalue weighted by molar-refractivity contribution is -0.137. The van der Waals surface area contributed by atoms with E-state index in [1.807, 2.05) is 0 Å². The molecule has 2 aromatic rings. The van der Waals surface area contributed by atoms with Crippen LogP contribution in [0.4, 0.5) is 13.2 Å². The molecule has 1 heterocycles. The molecule has 0 N–H and O–H groups in total. The molecule has 0 aliphatic rings. The van der Waals surface area contributed by atoms with Crippen molar-refractivity contribution in [3.63, 3.8) is 0 Å². The van der Waals surface area contributed by atoms with Gasteiger partial charge in [-0.15, -0.1) is 0 Å². The van der Waals surface area contributed by atoms with Gasteiger partial charge in [-0.3, -0.25) is 9.36 Å². The minimum absolute atomic E-state index is 0.0427. The predicted octanol–water partition coefficient (Wildman–Crippen LogP) is 3.38. The highest BCUT2D eigenvalue weighted by Crippen LogP contribution is 2.29. The summed E-state index contributed by atoms with van der Waals surface area (Å²) >= 11 is 3.06. The van der Waals surface area contributed by atoms with Gasteiger partial charge in [0.2, 0.25) is 0 Å². The lowest BCUT2D eigenvalue weighted by atomic mass is 10.1. The molecular weight excluding hydrogens is 337 g/mol. The van der Waals surface area contributed by atoms with Gasteiger partial charge < -0.3 is 0 Å². The van der Waals surface area contributed by atoms with Gasteiger partial charge in [0.25, 0.3) is 5.56 Å². The van der Waals surface area contributed by atoms with Gasteiger partial charge in [0, 0.05) is 6.20 Å². The molecule has 0 saturated carbocycles. The van der Waals surface area contributed by atoms with Crippen LogP contribution in [0, 0.1) is 6.92 Å². The SMILES string of the molecule is Cc1ncc(Br)c(=O)n1Cc1cccc(C(F)(F)F)c1. The van der Waals surface area contributed by atoms with E-state index in [9.17, 15) is 18.0 Å². The first-order chi connectivity index (χ1) is 9.29. The van der Waals surface area contributed by atoms with Gasteiger partial charge in [0.15, 0.2) is 0 Å². The molecule has 0 radical (unpaired) electrons. The van der Waals surface area contributed by atoms with E-state index in [0.29, 0.717) is 11.4 Å². The highest BCUT2D eigenvalue weighted by molar-refractivity contribution is 9.10. The van der Waals surface area contributed by atoms with Crippen LogP contribution in [0.25, 0.3) is 0 Å². The Labute approximate surface area is 121 Å². The minimum atomic E-state index is -4.40. The maximum absolute atomic E-state index is 12.6. The zero-order chi connectivity index (χ0) is 14.9. The smallest absolute Gasteiger partial charge is 0.291 e. The number of aryl methyl sites for hydroxylation is 1. The molecule has 0 aliphatic heterocycles. The van der Waals surface area contributed by atoms with Gasteiger partial charge in [-0.1, -0.05) is 12.1 Å². The van der Waals surface area contributed by atoms with Crippen molar-refractivity contribution < 1.29 is 13.2 Å². The number of halogens is 4. The Kier molecular flexibility index (Phi) is 3.99. The molecule has 2 rings (SSSR count). The van der Waals surface area contributed by atoms with Gasteiger partial charge in [0.1, 0.15) is 10.3 Å². The first-order valence-electron chi connectivity index (χ1n) is 5.67. The molecule has 1 aromatic carbocycles. The Bertz CT molecular complexity index is 695. The summed E-state index contributed by atoms with van der Waals surface area (Å²) in [7, 11) is 0. The van der Waals surface area contributed by atoms with Gasteiger partial charge >= 0.3 is 6.18 Å². The second-order valence-electron chi connectivity index (χ2n) is 4.24. The predicted molar refractivity (Wildman–Crippen MR) is 71.5 cm³/mol. The number of nitrogens with zero attached hydrogens (tertiary/aromatic N) is 2. The average molecular weight is 347 g/mol. The van der Waals surface area contributed by atoms with Crippen molar-refractivity contribution in [2.75, 3.05) is 0 Å². The van der Waals surface area contributed by atoms with Crippen LogP contribution in [-0.4, -0.2) is 9.55 Å². The van der Waals surface area contributed by atoms with Crippen LogP contribution < -0.4 is 5.56 Å². The normalized spacial score (nSPS) is 11.7. The van der Waals surface area contributed by atoms with Gasteiger partial charge in [-0.05, 0) is 40.5 Å². The molecule has 7 heteroatoms. The minimum Gasteiger partial charge on any atom is -0.291 e. The van der Waals surface area contributed by atoms with Crippen molar-refractivity contribution in [2.45, 2.75) is 19.6 Å². The average Bonchev–Trinajstić information content (AvgIpc) is 2.39. The fourth-order valence-corrected chi connectivity index (χ4v) is 2.08. The second kappa shape index (κ2) is 5.40. The fraction of sp³-hybridized carbons (Fsp3) is 0.231. The van der Waals surface area contributed by atoms with Gasteiger partial charge in [-0.2, -0.15) is 13.2 Å². The van der Waals surface area contributed by atoms with Crippen molar-refractivity contribution in [3.8, 4) is 0 Å². The molecule has 20 heavy (non-hydrogen) atoms. The summed E-state index contributed by atoms with van der Waals surface area (Å²) in [6.45, 7) is 1.67. The molecule has 0 saturated heterocycles. The van der Waals surface area contributed by atoms with Crippen LogP contribution in [0.15, 0.2) is 39.7 Å². The summed E-state index contributed by atoms with van der Waals surface area (Å²) in [4.78, 5) is 15.9. The largest absolute Gasteiger partial charge is 0.416 e. The second-order valence-corrected chi connectivity index (χ2v) is 5.10. The molecule has 0 spiro atoms. The van der Waals surface area contributed by atoms with Crippen molar-refractivity contribution in [1.82, 2.24) is 9.55 Å². The maximum Gasteiger partial charge on any atom is 0.416 e. The van der Waals surface area contributed by atoms with Gasteiger partial charge in [0.05, 0.1) is 12.1 Å². The van der Waals surface area contributed by atoms with Crippen LogP contribution >= 0.6 is 15.9 Å². The first kappa shape index (κ1) is 14.8. The topological polar surface area (TPSA) is 34.9 Å². The number of hydrogen-bond donors (Lipinski definition) is 0. The summed E-state index contributed by atoms with van der Waals surface area (Å²) in [6.07, 6.45) is -3.02. The van der Waals surface area contributed by atoms with Crippen molar-refractivity contribution in [2.24, 2.45) is 0 Å². The van der Waals surface area contributed by atoms with Crippen LogP contribution in [0.2, 0.25) is 0 Å². The number of aromatic nitrogens is 2. The Hall–Kier alpha value is -1.63. The molecule has 0 aliphatic carbocycles. The van der Waals surface area contributed by atoms with Crippen LogP contribution in [0.3, 0.4) is 0 Å². The monoisotopic (exact) mass is 346 g/mol. The zero-order valence-electron chi connectivity index (χ0n) is 10.4. The lowest BCUT2D eigenvalue weighted by Gasteiger charge is -2.12. The summed E-state index contributed by atoms with van der Waals surface area (Å²) in [6, 6.07) is 4.90. The summed E-state index contributed by atoms with van der Waals surface area (Å²) in [5.74, 6) is 0.440. The van der Waals surface area contributed by atoms with E-state index < -0.39 is 11.7 Å². The quantitative estimate of drug-likeness (QED) is 0.835. The summed E-state index contributed by atoms with van der Waals surface area (Å²) in [5, 5.41) is 0. The van der Waals surface area contributed by atoms with E-state index in [4.69, 9.17) is 0 Å². The molecule has 0 bridgehead atoms. The molecule has 3 nitrogen and oxygen atoms in total. The standard InChI is InChI=1S/C13H10BrF3N2O/c1-8-18-6-11(14)12(20)19(8)7-9-3-2-4-10(5-9)13(15,16)17/h2-6H,7H2,1H3. The summed E-state index contributed by atoms with van der Waals surface area (Å²) in [5.41, 5.74) is -0.663. The van der Waals surface area contributed by atoms with E-state index in [1.165, 1.54) is 16.8 Å². The van der Waals surface area contributed by atoms with Gasteiger partial charge in [-0.25, -0.2) is 4.98 Å². The third-order valence-electron chi connectivity index (χ3n) is 2.80. The first-order valence-corrected chi connectivity index (χ1v) is 6.46. The molecule has 106 valence electrons. The van der Waals surface area contributed by atoms with E-state index in [2.05, 4.69) is 20.9 Å². The van der Waals surface area contributed by atoms with E-state index >= 15 is 0 Å². The van der Waals surface area contributed by atoms with E-state index in [0.717, 1.165) is 12.1 Å². The Morgan fingerprint density at radius 1 is 1.35 bits per heavy atom. The highest BCUT2D eigenvalue weighted by atomic mass is 79.9. The number of benzene rings is 1. The molecule has 0 amide bonds. The van der Waals surface area contributed by atoms with Crippen LogP contribution in [0.1, 0.15) is 17.0 Å². The number of rotatable bonds is 2. The molecular formula is C13H10BrF3N2O. The van der Waals surface area contributed by atoms with Crippen LogP contribution in [0.5, 0.6) is 0 Å². The third-order valence-corrected chi connectivity index (χ3v) is 3.34. The number of alkyl halides is 3. The van der Waals surface area contributed by atoms with Crippen molar-refractivity contribution in [3.05, 3.63) is 62.2 Å². The van der Waals surface area contributed by atoms with Crippen molar-refractivity contribution >= 4 is 15.9 Å². The Morgan fingerprint density at radius 3 is 2.70 bits per heavy atom. The maximum atomic E-state index is 12.6. The van der Waals surface area contributed by atoms with Crippen LogP contribution in [-0.2, 0) is 12.7 Å². The van der Waals surface area contributed by atoms with E-state index in [-0.39, 0.29) is 16.6 Å². The number of hydrogen-bond acceptors (Lipinski definition) is 2. The van der Waals surface area contributed by atoms with E-state index in [1.54, 1.807) is 13.0 Å². The third kappa shape index (κ3) is 3.09. The molecule has 0 fully saturated rings. The van der Waals surface area contributed by atoms with Crippen molar-refractivity contribution in [1.29, 1.82) is 0 Å². The Balaban J connectivity index is 2.41. The molecule has 0 atom stereocenters. The summed E-state index contributed by atoms with van der Waals surface area (Å²) < 4.78 is 39.5. The Morgan fingerprint density at radius 2 is 2.05 bits per heavy atom. The zero-order valence-corrected chi connectivity index (χ0v) is 12.0. The lowest BCUT2D eigenvalue weighted by Crippen LogP contribution is -2.24. The molecule has 0 unspecified atom stereocenters. The fourth-order valence-electron chi connectivity index (χ4n) is 1.77.